The molecule has 0 aromatic carbocycles. The first-order valence-electron chi connectivity index (χ1n) is 6.91. The summed E-state index contributed by atoms with van der Waals surface area (Å²) in [6.45, 7) is 5.46. The molecule has 2 amide bonds. The number of likely N-dealkylation sites (tertiary alicyclic amines) is 1. The molecule has 0 radical (unpaired) electrons. The van der Waals surface area contributed by atoms with Crippen molar-refractivity contribution in [3.05, 3.63) is 0 Å². The van der Waals surface area contributed by atoms with Gasteiger partial charge in [0.1, 0.15) is 0 Å². The minimum absolute atomic E-state index is 0.0857. The van der Waals surface area contributed by atoms with E-state index in [1.54, 1.807) is 0 Å². The highest BCUT2D eigenvalue weighted by atomic mass is 19.4. The minimum atomic E-state index is -4.31. The number of amides is 2. The normalized spacial score (nSPS) is 19.9. The molecule has 0 unspecified atom stereocenters. The van der Waals surface area contributed by atoms with Crippen LogP contribution in [-0.2, 0) is 0 Å². The monoisotopic (exact) mass is 295 g/mol. The number of piperidine rings is 1. The average Bonchev–Trinajstić information content (AvgIpc) is 2.37. The number of carbonyl (C=O) groups excluding carboxylic acids is 1. The van der Waals surface area contributed by atoms with Gasteiger partial charge in [0.25, 0.3) is 0 Å². The highest BCUT2D eigenvalue weighted by Crippen LogP contribution is 2.45. The first-order valence-corrected chi connectivity index (χ1v) is 6.91. The lowest BCUT2D eigenvalue weighted by molar-refractivity contribution is -0.232. The van der Waals surface area contributed by atoms with Crippen molar-refractivity contribution in [1.29, 1.82) is 0 Å². The largest absolute Gasteiger partial charge is 0.395 e. The fourth-order valence-electron chi connectivity index (χ4n) is 2.20. The maximum absolute atomic E-state index is 13.1. The SMILES string of the molecule is CCC(C)(C)NC(=O)N1CCC(CN)(C(F)(F)F)CC1. The molecule has 0 spiro atoms. The molecule has 20 heavy (non-hydrogen) atoms. The van der Waals surface area contributed by atoms with Crippen molar-refractivity contribution in [3.8, 4) is 0 Å². The number of halogens is 3. The first kappa shape index (κ1) is 17.1. The molecule has 7 heteroatoms. The molecule has 0 aromatic rings. The molecule has 0 bridgehead atoms. The Balaban J connectivity index is 2.64. The van der Waals surface area contributed by atoms with E-state index in [9.17, 15) is 18.0 Å². The number of hydrogen-bond acceptors (Lipinski definition) is 2. The number of nitrogens with one attached hydrogen (secondary N) is 1. The molecule has 4 nitrogen and oxygen atoms in total. The lowest BCUT2D eigenvalue weighted by Crippen LogP contribution is -2.56. The smallest absolute Gasteiger partial charge is 0.333 e. The molecule has 118 valence electrons. The molecule has 1 fully saturated rings. The second kappa shape index (κ2) is 5.79. The van der Waals surface area contributed by atoms with Gasteiger partial charge >= 0.3 is 12.2 Å². The summed E-state index contributed by atoms with van der Waals surface area (Å²) in [6.07, 6.45) is -3.82. The van der Waals surface area contributed by atoms with Crippen molar-refractivity contribution in [2.45, 2.75) is 51.7 Å². The third kappa shape index (κ3) is 3.56. The number of nitrogens with zero attached hydrogens (tertiary/aromatic N) is 1. The third-order valence-electron chi connectivity index (χ3n) is 4.33. The van der Waals surface area contributed by atoms with Crippen molar-refractivity contribution in [2.75, 3.05) is 19.6 Å². The summed E-state index contributed by atoms with van der Waals surface area (Å²) in [5, 5.41) is 2.83. The van der Waals surface area contributed by atoms with Crippen LogP contribution in [0.25, 0.3) is 0 Å². The molecule has 0 saturated carbocycles. The fourth-order valence-corrected chi connectivity index (χ4v) is 2.20. The highest BCUT2D eigenvalue weighted by molar-refractivity contribution is 5.75. The second-order valence-corrected chi connectivity index (χ2v) is 6.14. The minimum Gasteiger partial charge on any atom is -0.333 e. The molecule has 0 aromatic heterocycles. The van der Waals surface area contributed by atoms with Gasteiger partial charge in [-0.05, 0) is 33.1 Å². The van der Waals surface area contributed by atoms with Gasteiger partial charge in [0.15, 0.2) is 0 Å². The van der Waals surface area contributed by atoms with E-state index in [0.717, 1.165) is 6.42 Å². The van der Waals surface area contributed by atoms with Crippen LogP contribution in [0.1, 0.15) is 40.0 Å². The lowest BCUT2D eigenvalue weighted by Gasteiger charge is -2.42. The van der Waals surface area contributed by atoms with E-state index in [1.807, 2.05) is 20.8 Å². The van der Waals surface area contributed by atoms with Crippen LogP contribution in [0, 0.1) is 5.41 Å². The van der Waals surface area contributed by atoms with Crippen LogP contribution in [0.3, 0.4) is 0 Å². The number of rotatable bonds is 3. The molecule has 3 N–H and O–H groups in total. The van der Waals surface area contributed by atoms with Crippen LogP contribution in [0.4, 0.5) is 18.0 Å². The maximum atomic E-state index is 13.1. The Kier molecular flexibility index (Phi) is 4.94. The Morgan fingerprint density at radius 3 is 2.15 bits per heavy atom. The Bertz CT molecular complexity index is 347. The van der Waals surface area contributed by atoms with Crippen molar-refractivity contribution < 1.29 is 18.0 Å². The number of nitrogens with two attached hydrogens (primary N) is 1. The van der Waals surface area contributed by atoms with Crippen molar-refractivity contribution >= 4 is 6.03 Å². The summed E-state index contributed by atoms with van der Waals surface area (Å²) in [6, 6.07) is -0.301. The topological polar surface area (TPSA) is 58.4 Å². The van der Waals surface area contributed by atoms with Gasteiger partial charge in [0.2, 0.25) is 0 Å². The summed E-state index contributed by atoms with van der Waals surface area (Å²) >= 11 is 0. The summed E-state index contributed by atoms with van der Waals surface area (Å²) in [5.74, 6) is 0. The van der Waals surface area contributed by atoms with Gasteiger partial charge < -0.3 is 16.0 Å². The molecule has 1 aliphatic heterocycles. The molecular weight excluding hydrogens is 271 g/mol. The van der Waals surface area contributed by atoms with Crippen molar-refractivity contribution in [3.63, 3.8) is 0 Å². The van der Waals surface area contributed by atoms with Gasteiger partial charge in [0, 0.05) is 25.2 Å². The standard InChI is InChI=1S/C13H24F3N3O/c1-4-11(2,3)18-10(20)19-7-5-12(9-17,6-8-19)13(14,15)16/h4-9,17H2,1-3H3,(H,18,20). The second-order valence-electron chi connectivity index (χ2n) is 6.14. The molecular formula is C13H24F3N3O. The van der Waals surface area contributed by atoms with Crippen LogP contribution in [-0.4, -0.2) is 42.3 Å². The summed E-state index contributed by atoms with van der Waals surface area (Å²) in [4.78, 5) is 13.5. The Morgan fingerprint density at radius 2 is 1.80 bits per heavy atom. The van der Waals surface area contributed by atoms with Crippen LogP contribution in [0.15, 0.2) is 0 Å². The molecule has 1 rings (SSSR count). The predicted molar refractivity (Wildman–Crippen MR) is 71.3 cm³/mol. The van der Waals surface area contributed by atoms with Crippen molar-refractivity contribution in [1.82, 2.24) is 10.2 Å². The quantitative estimate of drug-likeness (QED) is 0.840. The van der Waals surface area contributed by atoms with E-state index < -0.39 is 18.1 Å². The fraction of sp³-hybridized carbons (Fsp3) is 0.923. The zero-order valence-corrected chi connectivity index (χ0v) is 12.3. The van der Waals surface area contributed by atoms with Crippen LogP contribution in [0.5, 0.6) is 0 Å². The van der Waals surface area contributed by atoms with Gasteiger partial charge in [-0.3, -0.25) is 0 Å². The number of urea groups is 1. The Hall–Kier alpha value is -0.980. The predicted octanol–water partition coefficient (Wildman–Crippen LogP) is 2.49. The van der Waals surface area contributed by atoms with E-state index in [2.05, 4.69) is 5.32 Å². The van der Waals surface area contributed by atoms with E-state index in [1.165, 1.54) is 4.90 Å². The summed E-state index contributed by atoms with van der Waals surface area (Å²) < 4.78 is 39.2. The van der Waals surface area contributed by atoms with Crippen LogP contribution < -0.4 is 11.1 Å². The Labute approximate surface area is 117 Å². The molecule has 1 saturated heterocycles. The van der Waals surface area contributed by atoms with E-state index >= 15 is 0 Å². The zero-order valence-electron chi connectivity index (χ0n) is 12.3. The molecule has 1 aliphatic rings. The number of alkyl halides is 3. The maximum Gasteiger partial charge on any atom is 0.395 e. The number of carbonyl (C=O) groups is 1. The van der Waals surface area contributed by atoms with Crippen LogP contribution in [0.2, 0.25) is 0 Å². The molecule has 1 heterocycles. The van der Waals surface area contributed by atoms with Gasteiger partial charge in [0.05, 0.1) is 5.41 Å². The van der Waals surface area contributed by atoms with Gasteiger partial charge in [-0.2, -0.15) is 13.2 Å². The van der Waals surface area contributed by atoms with E-state index in [-0.39, 0.29) is 37.5 Å². The van der Waals surface area contributed by atoms with E-state index in [0.29, 0.717) is 0 Å². The lowest BCUT2D eigenvalue weighted by atomic mass is 9.78. The van der Waals surface area contributed by atoms with Gasteiger partial charge in [-0.15, -0.1) is 0 Å². The third-order valence-corrected chi connectivity index (χ3v) is 4.33. The van der Waals surface area contributed by atoms with Crippen molar-refractivity contribution in [2.24, 2.45) is 11.1 Å². The Morgan fingerprint density at radius 1 is 1.30 bits per heavy atom. The van der Waals surface area contributed by atoms with E-state index in [4.69, 9.17) is 5.73 Å². The van der Waals surface area contributed by atoms with Gasteiger partial charge in [-0.25, -0.2) is 4.79 Å². The average molecular weight is 295 g/mol. The first-order chi connectivity index (χ1) is 9.07. The molecule has 0 aliphatic carbocycles. The summed E-state index contributed by atoms with van der Waals surface area (Å²) in [5.41, 5.74) is 3.13. The molecule has 0 atom stereocenters. The van der Waals surface area contributed by atoms with Crippen LogP contribution >= 0.6 is 0 Å². The number of hydrogen-bond donors (Lipinski definition) is 2. The van der Waals surface area contributed by atoms with Gasteiger partial charge in [-0.1, -0.05) is 6.92 Å². The zero-order chi connectivity index (χ0) is 15.6. The summed E-state index contributed by atoms with van der Waals surface area (Å²) in [7, 11) is 0. The highest BCUT2D eigenvalue weighted by Gasteiger charge is 2.55.